The Kier molecular flexibility index (Phi) is 10.0. The van der Waals surface area contributed by atoms with Gasteiger partial charge in [-0.1, -0.05) is 54.4 Å². The summed E-state index contributed by atoms with van der Waals surface area (Å²) in [6, 6.07) is 14.4. The molecule has 0 saturated carbocycles. The summed E-state index contributed by atoms with van der Waals surface area (Å²) < 4.78 is 0. The Balaban J connectivity index is 2.11. The van der Waals surface area contributed by atoms with Gasteiger partial charge >= 0.3 is 0 Å². The van der Waals surface area contributed by atoms with Gasteiger partial charge in [-0.2, -0.15) is 0 Å². The van der Waals surface area contributed by atoms with E-state index in [0.717, 1.165) is 11.1 Å². The van der Waals surface area contributed by atoms with E-state index in [2.05, 4.69) is 5.32 Å². The third-order valence-corrected chi connectivity index (χ3v) is 5.98. The second-order valence-electron chi connectivity index (χ2n) is 7.35. The Hall–Kier alpha value is -1.69. The van der Waals surface area contributed by atoms with Crippen molar-refractivity contribution in [2.24, 2.45) is 0 Å². The van der Waals surface area contributed by atoms with E-state index >= 15 is 0 Å². The number of halogens is 2. The summed E-state index contributed by atoms with van der Waals surface area (Å²) in [5.74, 6) is 0.807. The summed E-state index contributed by atoms with van der Waals surface area (Å²) in [5, 5.41) is 4.27. The summed E-state index contributed by atoms with van der Waals surface area (Å²) in [4.78, 5) is 27.6. The van der Waals surface area contributed by atoms with Crippen molar-refractivity contribution in [1.29, 1.82) is 0 Å². The molecule has 30 heavy (non-hydrogen) atoms. The molecule has 1 atom stereocenters. The van der Waals surface area contributed by atoms with Gasteiger partial charge in [-0.25, -0.2) is 0 Å². The van der Waals surface area contributed by atoms with Gasteiger partial charge in [0.2, 0.25) is 11.8 Å². The van der Waals surface area contributed by atoms with Crippen molar-refractivity contribution in [2.45, 2.75) is 51.6 Å². The van der Waals surface area contributed by atoms with E-state index in [9.17, 15) is 9.59 Å². The fraction of sp³-hybridized carbons (Fsp3) is 0.391. The van der Waals surface area contributed by atoms with Crippen LogP contribution in [0.2, 0.25) is 10.0 Å². The minimum absolute atomic E-state index is 0.0123. The maximum absolute atomic E-state index is 13.1. The lowest BCUT2D eigenvalue weighted by Crippen LogP contribution is -2.50. The molecule has 4 nitrogen and oxygen atoms in total. The van der Waals surface area contributed by atoms with Crippen LogP contribution in [0.4, 0.5) is 0 Å². The molecule has 0 saturated heterocycles. The highest BCUT2D eigenvalue weighted by atomic mass is 35.5. The van der Waals surface area contributed by atoms with Crippen LogP contribution in [0.25, 0.3) is 0 Å². The second kappa shape index (κ2) is 12.2. The first-order valence-corrected chi connectivity index (χ1v) is 11.9. The number of rotatable bonds is 10. The molecule has 7 heteroatoms. The average molecular weight is 467 g/mol. The molecule has 2 rings (SSSR count). The van der Waals surface area contributed by atoms with E-state index < -0.39 is 6.04 Å². The monoisotopic (exact) mass is 466 g/mol. The second-order valence-corrected chi connectivity index (χ2v) is 9.21. The summed E-state index contributed by atoms with van der Waals surface area (Å²) in [6.45, 7) is 6.12. The standard InChI is InChI=1S/C23H28Cl2N2O2S/c1-4-21(23(29)26-16(2)3)27(13-17-5-9-19(24)10-6-17)22(28)15-30-14-18-7-11-20(25)12-8-18/h5-12,16,21H,4,13-15H2,1-3H3,(H,26,29)/t21-/m0/s1. The van der Waals surface area contributed by atoms with E-state index in [1.165, 1.54) is 11.8 Å². The molecule has 2 aromatic carbocycles. The van der Waals surface area contributed by atoms with Crippen LogP contribution in [-0.2, 0) is 21.9 Å². The summed E-state index contributed by atoms with van der Waals surface area (Å²) >= 11 is 13.4. The minimum atomic E-state index is -0.522. The van der Waals surface area contributed by atoms with Crippen molar-refractivity contribution in [2.75, 3.05) is 5.75 Å². The third-order valence-electron chi connectivity index (χ3n) is 4.49. The molecule has 0 fully saturated rings. The molecule has 0 spiro atoms. The van der Waals surface area contributed by atoms with E-state index in [1.54, 1.807) is 17.0 Å². The van der Waals surface area contributed by atoms with Crippen molar-refractivity contribution >= 4 is 46.8 Å². The summed E-state index contributed by atoms with van der Waals surface area (Å²) in [6.07, 6.45) is 0.541. The molecule has 0 unspecified atom stereocenters. The number of carbonyl (C=O) groups excluding carboxylic acids is 2. The number of carbonyl (C=O) groups is 2. The van der Waals surface area contributed by atoms with Crippen LogP contribution >= 0.6 is 35.0 Å². The Morgan fingerprint density at radius 2 is 1.50 bits per heavy atom. The number of benzene rings is 2. The molecule has 162 valence electrons. The van der Waals surface area contributed by atoms with Gasteiger partial charge in [-0.3, -0.25) is 9.59 Å². The molecule has 0 aliphatic heterocycles. The summed E-state index contributed by atoms with van der Waals surface area (Å²) in [7, 11) is 0. The Morgan fingerprint density at radius 1 is 0.967 bits per heavy atom. The summed E-state index contributed by atoms with van der Waals surface area (Å²) in [5.41, 5.74) is 2.04. The topological polar surface area (TPSA) is 49.4 Å². The first kappa shape index (κ1) is 24.6. The predicted molar refractivity (Wildman–Crippen MR) is 127 cm³/mol. The zero-order chi connectivity index (χ0) is 22.1. The van der Waals surface area contributed by atoms with E-state index in [1.807, 2.05) is 57.2 Å². The molecular weight excluding hydrogens is 439 g/mol. The molecule has 2 aromatic rings. The molecule has 1 N–H and O–H groups in total. The van der Waals surface area contributed by atoms with Gasteiger partial charge in [0.1, 0.15) is 6.04 Å². The highest BCUT2D eigenvalue weighted by Gasteiger charge is 2.28. The highest BCUT2D eigenvalue weighted by Crippen LogP contribution is 2.19. The van der Waals surface area contributed by atoms with Crippen LogP contribution in [0.15, 0.2) is 48.5 Å². The molecule has 0 radical (unpaired) electrons. The lowest BCUT2D eigenvalue weighted by Gasteiger charge is -2.31. The molecule has 0 aliphatic carbocycles. The number of amides is 2. The van der Waals surface area contributed by atoms with Crippen LogP contribution in [0.3, 0.4) is 0 Å². The fourth-order valence-corrected chi connectivity index (χ4v) is 4.13. The Morgan fingerprint density at radius 3 is 2.00 bits per heavy atom. The lowest BCUT2D eigenvalue weighted by atomic mass is 10.1. The molecule has 2 amide bonds. The number of thioether (sulfide) groups is 1. The maximum Gasteiger partial charge on any atom is 0.243 e. The quantitative estimate of drug-likeness (QED) is 0.498. The van der Waals surface area contributed by atoms with Gasteiger partial charge in [0, 0.05) is 28.4 Å². The van der Waals surface area contributed by atoms with Gasteiger partial charge in [-0.15, -0.1) is 11.8 Å². The van der Waals surface area contributed by atoms with Gasteiger partial charge in [-0.05, 0) is 55.7 Å². The van der Waals surface area contributed by atoms with E-state index in [0.29, 0.717) is 34.5 Å². The Bertz CT molecular complexity index is 826. The first-order valence-electron chi connectivity index (χ1n) is 9.96. The molecule has 0 heterocycles. The van der Waals surface area contributed by atoms with Crippen LogP contribution in [0.1, 0.15) is 38.3 Å². The number of nitrogens with one attached hydrogen (secondary N) is 1. The average Bonchev–Trinajstić information content (AvgIpc) is 2.70. The number of hydrogen-bond acceptors (Lipinski definition) is 3. The molecule has 0 bridgehead atoms. The lowest BCUT2D eigenvalue weighted by molar-refractivity contribution is -0.139. The first-order chi connectivity index (χ1) is 14.3. The maximum atomic E-state index is 13.1. The van der Waals surface area contributed by atoms with Gasteiger partial charge in [0.05, 0.1) is 5.75 Å². The van der Waals surface area contributed by atoms with Crippen LogP contribution in [-0.4, -0.2) is 34.6 Å². The molecule has 0 aliphatic rings. The van der Waals surface area contributed by atoms with Crippen LogP contribution < -0.4 is 5.32 Å². The fourth-order valence-electron chi connectivity index (χ4n) is 3.01. The zero-order valence-electron chi connectivity index (χ0n) is 17.5. The van der Waals surface area contributed by atoms with Gasteiger partial charge < -0.3 is 10.2 Å². The zero-order valence-corrected chi connectivity index (χ0v) is 19.9. The molecular formula is C23H28Cl2N2O2S. The molecule has 0 aromatic heterocycles. The van der Waals surface area contributed by atoms with Gasteiger partial charge in [0.15, 0.2) is 0 Å². The smallest absolute Gasteiger partial charge is 0.243 e. The number of hydrogen-bond donors (Lipinski definition) is 1. The van der Waals surface area contributed by atoms with Crippen molar-refractivity contribution in [3.05, 3.63) is 69.7 Å². The minimum Gasteiger partial charge on any atom is -0.352 e. The van der Waals surface area contributed by atoms with Crippen LogP contribution in [0.5, 0.6) is 0 Å². The largest absolute Gasteiger partial charge is 0.352 e. The van der Waals surface area contributed by atoms with Crippen LogP contribution in [0, 0.1) is 0 Å². The van der Waals surface area contributed by atoms with Crippen molar-refractivity contribution < 1.29 is 9.59 Å². The third kappa shape index (κ3) is 7.86. The van der Waals surface area contributed by atoms with Gasteiger partial charge in [0.25, 0.3) is 0 Å². The van der Waals surface area contributed by atoms with Crippen molar-refractivity contribution in [3.8, 4) is 0 Å². The number of nitrogens with zero attached hydrogens (tertiary/aromatic N) is 1. The van der Waals surface area contributed by atoms with E-state index in [-0.39, 0.29) is 17.9 Å². The predicted octanol–water partition coefficient (Wildman–Crippen LogP) is 5.56. The highest BCUT2D eigenvalue weighted by molar-refractivity contribution is 7.99. The van der Waals surface area contributed by atoms with Crippen molar-refractivity contribution in [1.82, 2.24) is 10.2 Å². The van der Waals surface area contributed by atoms with E-state index in [4.69, 9.17) is 23.2 Å². The SMILES string of the molecule is CC[C@@H](C(=O)NC(C)C)N(Cc1ccc(Cl)cc1)C(=O)CSCc1ccc(Cl)cc1. The van der Waals surface area contributed by atoms with Crippen molar-refractivity contribution in [3.63, 3.8) is 0 Å². The normalized spacial score (nSPS) is 11.9. The Labute approximate surface area is 193 Å².